The predicted octanol–water partition coefficient (Wildman–Crippen LogP) is 4.13. The Hall–Kier alpha value is -2.68. The first kappa shape index (κ1) is 13.3. The summed E-state index contributed by atoms with van der Waals surface area (Å²) in [7, 11) is 1.64. The van der Waals surface area contributed by atoms with Crippen molar-refractivity contribution < 1.29 is 4.74 Å². The number of ether oxygens (including phenoxy) is 1. The minimum atomic E-state index is 0.679. The molecule has 3 nitrogen and oxygen atoms in total. The molecule has 0 aliphatic rings. The van der Waals surface area contributed by atoms with Gasteiger partial charge in [0.2, 0.25) is 0 Å². The van der Waals surface area contributed by atoms with E-state index in [4.69, 9.17) is 4.74 Å². The van der Waals surface area contributed by atoms with E-state index in [0.29, 0.717) is 11.6 Å². The van der Waals surface area contributed by atoms with Crippen LogP contribution >= 0.6 is 0 Å². The number of benzene rings is 2. The first-order valence-electron chi connectivity index (χ1n) is 6.81. The van der Waals surface area contributed by atoms with E-state index < -0.39 is 0 Å². The minimum Gasteiger partial charge on any atom is -0.493 e. The predicted molar refractivity (Wildman–Crippen MR) is 84.2 cm³/mol. The van der Waals surface area contributed by atoms with Gasteiger partial charge in [-0.15, -0.1) is 0 Å². The van der Waals surface area contributed by atoms with Gasteiger partial charge in [-0.3, -0.25) is 0 Å². The van der Waals surface area contributed by atoms with E-state index >= 15 is 0 Å². The van der Waals surface area contributed by atoms with Crippen LogP contribution in [-0.2, 0) is 0 Å². The third-order valence-electron chi connectivity index (χ3n) is 3.33. The molecule has 0 spiro atoms. The molecular formula is C18H16N2O. The molecule has 0 saturated carbocycles. The van der Waals surface area contributed by atoms with Gasteiger partial charge in [0.25, 0.3) is 0 Å². The maximum atomic E-state index is 5.40. The first-order chi connectivity index (χ1) is 10.3. The summed E-state index contributed by atoms with van der Waals surface area (Å²) in [5, 5.41) is 0. The van der Waals surface area contributed by atoms with E-state index in [0.717, 1.165) is 16.8 Å². The van der Waals surface area contributed by atoms with E-state index in [2.05, 4.69) is 41.2 Å². The van der Waals surface area contributed by atoms with Crippen LogP contribution < -0.4 is 4.74 Å². The lowest BCUT2D eigenvalue weighted by molar-refractivity contribution is 0.413. The molecule has 3 heteroatoms. The smallest absolute Gasteiger partial charge is 0.163 e. The van der Waals surface area contributed by atoms with Gasteiger partial charge < -0.3 is 4.74 Å². The number of aryl methyl sites for hydroxylation is 1. The Bertz CT molecular complexity index is 737. The van der Waals surface area contributed by atoms with Crippen molar-refractivity contribution in [3.63, 3.8) is 0 Å². The Morgan fingerprint density at radius 2 is 1.57 bits per heavy atom. The van der Waals surface area contributed by atoms with Gasteiger partial charge in [0.05, 0.1) is 13.3 Å². The molecule has 3 aromatic rings. The van der Waals surface area contributed by atoms with E-state index in [1.165, 1.54) is 5.56 Å². The van der Waals surface area contributed by atoms with Crippen LogP contribution in [0.25, 0.3) is 22.6 Å². The molecule has 0 bridgehead atoms. The van der Waals surface area contributed by atoms with E-state index in [9.17, 15) is 0 Å². The van der Waals surface area contributed by atoms with Crippen molar-refractivity contribution in [1.29, 1.82) is 0 Å². The number of methoxy groups -OCH3 is 1. The van der Waals surface area contributed by atoms with Gasteiger partial charge in [0, 0.05) is 11.1 Å². The molecule has 21 heavy (non-hydrogen) atoms. The second-order valence-electron chi connectivity index (χ2n) is 4.84. The molecule has 2 aromatic carbocycles. The lowest BCUT2D eigenvalue weighted by Gasteiger charge is -2.09. The molecule has 0 radical (unpaired) electrons. The highest BCUT2D eigenvalue weighted by Gasteiger charge is 2.11. The molecule has 0 saturated heterocycles. The number of aromatic nitrogens is 2. The summed E-state index contributed by atoms with van der Waals surface area (Å²) in [6.45, 7) is 2.07. The molecule has 3 rings (SSSR count). The lowest BCUT2D eigenvalue weighted by Crippen LogP contribution is -1.96. The quantitative estimate of drug-likeness (QED) is 0.721. The fourth-order valence-corrected chi connectivity index (χ4v) is 2.16. The summed E-state index contributed by atoms with van der Waals surface area (Å²) < 4.78 is 5.40. The number of hydrogen-bond acceptors (Lipinski definition) is 3. The summed E-state index contributed by atoms with van der Waals surface area (Å²) in [4.78, 5) is 9.06. The third-order valence-corrected chi connectivity index (χ3v) is 3.33. The van der Waals surface area contributed by atoms with E-state index in [-0.39, 0.29) is 0 Å². The fraction of sp³-hybridized carbons (Fsp3) is 0.111. The zero-order valence-corrected chi connectivity index (χ0v) is 12.1. The van der Waals surface area contributed by atoms with Crippen molar-refractivity contribution in [2.75, 3.05) is 7.11 Å². The second-order valence-corrected chi connectivity index (χ2v) is 4.84. The monoisotopic (exact) mass is 276 g/mol. The van der Waals surface area contributed by atoms with Gasteiger partial charge in [-0.1, -0.05) is 60.2 Å². The number of nitrogens with zero attached hydrogens (tertiary/aromatic N) is 2. The number of hydrogen-bond donors (Lipinski definition) is 0. The molecule has 0 aliphatic heterocycles. The Morgan fingerprint density at radius 1 is 0.857 bits per heavy atom. The van der Waals surface area contributed by atoms with Crippen LogP contribution in [0.3, 0.4) is 0 Å². The average molecular weight is 276 g/mol. The zero-order valence-electron chi connectivity index (χ0n) is 12.1. The first-order valence-corrected chi connectivity index (χ1v) is 6.81. The van der Waals surface area contributed by atoms with Crippen LogP contribution in [0, 0.1) is 6.92 Å². The average Bonchev–Trinajstić information content (AvgIpc) is 2.56. The van der Waals surface area contributed by atoms with Crippen molar-refractivity contribution in [1.82, 2.24) is 9.97 Å². The maximum absolute atomic E-state index is 5.40. The summed E-state index contributed by atoms with van der Waals surface area (Å²) in [6.07, 6.45) is 1.73. The van der Waals surface area contributed by atoms with Crippen LogP contribution in [0.2, 0.25) is 0 Å². The summed E-state index contributed by atoms with van der Waals surface area (Å²) in [6, 6.07) is 18.2. The molecule has 0 N–H and O–H groups in total. The summed E-state index contributed by atoms with van der Waals surface area (Å²) >= 11 is 0. The topological polar surface area (TPSA) is 35.0 Å². The lowest BCUT2D eigenvalue weighted by atomic mass is 10.1. The Morgan fingerprint density at radius 3 is 2.24 bits per heavy atom. The molecule has 0 atom stereocenters. The molecule has 0 unspecified atom stereocenters. The molecule has 0 fully saturated rings. The summed E-state index contributed by atoms with van der Waals surface area (Å²) in [5.74, 6) is 1.38. The van der Waals surface area contributed by atoms with Crippen molar-refractivity contribution in [2.45, 2.75) is 6.92 Å². The third kappa shape index (κ3) is 2.77. The maximum Gasteiger partial charge on any atom is 0.163 e. The van der Waals surface area contributed by atoms with Crippen LogP contribution in [0.15, 0.2) is 60.8 Å². The van der Waals surface area contributed by atoms with Gasteiger partial charge in [-0.25, -0.2) is 9.97 Å². The SMILES string of the molecule is COc1cnc(-c2ccccc2)nc1-c1ccc(C)cc1. The van der Waals surface area contributed by atoms with Crippen LogP contribution in [-0.4, -0.2) is 17.1 Å². The second kappa shape index (κ2) is 5.75. The van der Waals surface area contributed by atoms with Crippen LogP contribution in [0.4, 0.5) is 0 Å². The molecule has 0 aliphatic carbocycles. The normalized spacial score (nSPS) is 10.4. The molecule has 1 aromatic heterocycles. The molecular weight excluding hydrogens is 260 g/mol. The number of rotatable bonds is 3. The fourth-order valence-electron chi connectivity index (χ4n) is 2.16. The molecule has 104 valence electrons. The summed E-state index contributed by atoms with van der Waals surface area (Å²) in [5.41, 5.74) is 4.05. The minimum absolute atomic E-state index is 0.679. The van der Waals surface area contributed by atoms with Gasteiger partial charge in [-0.2, -0.15) is 0 Å². The van der Waals surface area contributed by atoms with Crippen LogP contribution in [0.1, 0.15) is 5.56 Å². The Kier molecular flexibility index (Phi) is 3.65. The van der Waals surface area contributed by atoms with Crippen molar-refractivity contribution >= 4 is 0 Å². The molecule has 0 amide bonds. The van der Waals surface area contributed by atoms with Gasteiger partial charge >= 0.3 is 0 Å². The standard InChI is InChI=1S/C18H16N2O/c1-13-8-10-14(11-9-13)17-16(21-2)12-19-18(20-17)15-6-4-3-5-7-15/h3-12H,1-2H3. The zero-order chi connectivity index (χ0) is 14.7. The Labute approximate surface area is 124 Å². The van der Waals surface area contributed by atoms with Crippen molar-refractivity contribution in [3.8, 4) is 28.4 Å². The van der Waals surface area contributed by atoms with Crippen molar-refractivity contribution in [3.05, 3.63) is 66.4 Å². The van der Waals surface area contributed by atoms with E-state index in [1.807, 2.05) is 30.3 Å². The highest BCUT2D eigenvalue weighted by Crippen LogP contribution is 2.29. The van der Waals surface area contributed by atoms with E-state index in [1.54, 1.807) is 13.3 Å². The van der Waals surface area contributed by atoms with Crippen LogP contribution in [0.5, 0.6) is 5.75 Å². The Balaban J connectivity index is 2.12. The van der Waals surface area contributed by atoms with Gasteiger partial charge in [0.15, 0.2) is 11.6 Å². The highest BCUT2D eigenvalue weighted by molar-refractivity contribution is 5.69. The van der Waals surface area contributed by atoms with Crippen molar-refractivity contribution in [2.24, 2.45) is 0 Å². The van der Waals surface area contributed by atoms with Gasteiger partial charge in [0.1, 0.15) is 5.69 Å². The highest BCUT2D eigenvalue weighted by atomic mass is 16.5. The van der Waals surface area contributed by atoms with Gasteiger partial charge in [-0.05, 0) is 6.92 Å². The molecule has 1 heterocycles. The largest absolute Gasteiger partial charge is 0.493 e.